The molecule has 5 heteroatoms. The van der Waals surface area contributed by atoms with E-state index in [1.165, 1.54) is 0 Å². The van der Waals surface area contributed by atoms with Crippen molar-refractivity contribution in [3.8, 4) is 17.2 Å². The van der Waals surface area contributed by atoms with Gasteiger partial charge in [-0.05, 0) is 29.8 Å². The summed E-state index contributed by atoms with van der Waals surface area (Å²) in [6, 6.07) is 18.7. The molecule has 2 aromatic carbocycles. The molecule has 2 heterocycles. The Labute approximate surface area is 138 Å². The van der Waals surface area contributed by atoms with Crippen molar-refractivity contribution in [2.24, 2.45) is 0 Å². The first-order valence-corrected chi connectivity index (χ1v) is 7.68. The highest BCUT2D eigenvalue weighted by Gasteiger charge is 2.16. The van der Waals surface area contributed by atoms with Crippen LogP contribution in [-0.4, -0.2) is 20.0 Å². The highest BCUT2D eigenvalue weighted by Crippen LogP contribution is 2.31. The molecule has 0 bridgehead atoms. The number of aliphatic hydroxyl groups excluding tert-OH is 1. The second kappa shape index (κ2) is 5.86. The second-order valence-corrected chi connectivity index (χ2v) is 5.62. The number of phenols is 1. The smallest absolute Gasteiger partial charge is 0.155 e. The summed E-state index contributed by atoms with van der Waals surface area (Å²) in [6.45, 7) is 0.442. The number of hydrogen-bond acceptors (Lipinski definition) is 4. The molecule has 0 saturated carbocycles. The van der Waals surface area contributed by atoms with E-state index in [4.69, 9.17) is 4.42 Å². The minimum absolute atomic E-state index is 0.149. The number of hydrogen-bond donors (Lipinski definition) is 2. The van der Waals surface area contributed by atoms with E-state index in [1.807, 2.05) is 41.1 Å². The van der Waals surface area contributed by atoms with Crippen molar-refractivity contribution < 1.29 is 14.6 Å². The number of fused-ring (bicyclic) bond motifs is 1. The van der Waals surface area contributed by atoms with Crippen LogP contribution in [-0.2, 0) is 13.2 Å². The Morgan fingerprint density at radius 1 is 1.00 bits per heavy atom. The fourth-order valence-electron chi connectivity index (χ4n) is 2.81. The number of aromatic hydroxyl groups is 1. The van der Waals surface area contributed by atoms with Gasteiger partial charge < -0.3 is 14.6 Å². The van der Waals surface area contributed by atoms with Gasteiger partial charge in [-0.1, -0.05) is 30.3 Å². The Kier molecular flexibility index (Phi) is 3.55. The SMILES string of the molecule is OCc1ccc(-c2nn(Cc3ccccc3)c3cc(O)ccc23)o1. The number of aromatic nitrogens is 2. The van der Waals surface area contributed by atoms with E-state index >= 15 is 0 Å². The first kappa shape index (κ1) is 14.5. The van der Waals surface area contributed by atoms with Crippen molar-refractivity contribution in [3.05, 3.63) is 72.0 Å². The zero-order valence-electron chi connectivity index (χ0n) is 12.9. The standard InChI is InChI=1S/C19H16N2O3/c22-12-15-7-9-18(24-15)19-16-8-6-14(23)10-17(16)21(20-19)11-13-4-2-1-3-5-13/h1-10,22-23H,11-12H2. The largest absolute Gasteiger partial charge is 0.508 e. The summed E-state index contributed by atoms with van der Waals surface area (Å²) in [5.74, 6) is 1.29. The minimum atomic E-state index is -0.149. The number of nitrogens with zero attached hydrogens (tertiary/aromatic N) is 2. The number of aliphatic hydroxyl groups is 1. The van der Waals surface area contributed by atoms with Crippen LogP contribution in [0.2, 0.25) is 0 Å². The summed E-state index contributed by atoms with van der Waals surface area (Å²) in [5.41, 5.74) is 2.64. The minimum Gasteiger partial charge on any atom is -0.508 e. The molecule has 2 N–H and O–H groups in total. The van der Waals surface area contributed by atoms with Gasteiger partial charge in [-0.15, -0.1) is 0 Å². The summed E-state index contributed by atoms with van der Waals surface area (Å²) in [6.07, 6.45) is 0. The lowest BCUT2D eigenvalue weighted by atomic mass is 10.1. The fraction of sp³-hybridized carbons (Fsp3) is 0.105. The number of rotatable bonds is 4. The van der Waals surface area contributed by atoms with Crippen LogP contribution in [0.4, 0.5) is 0 Å². The molecule has 0 aliphatic carbocycles. The van der Waals surface area contributed by atoms with Crippen molar-refractivity contribution in [2.75, 3.05) is 0 Å². The summed E-state index contributed by atoms with van der Waals surface area (Å²) < 4.78 is 7.48. The van der Waals surface area contributed by atoms with Gasteiger partial charge in [0.15, 0.2) is 5.76 Å². The Morgan fingerprint density at radius 3 is 2.58 bits per heavy atom. The van der Waals surface area contributed by atoms with Gasteiger partial charge in [0.2, 0.25) is 0 Å². The molecule has 4 rings (SSSR count). The van der Waals surface area contributed by atoms with Crippen LogP contribution in [0.3, 0.4) is 0 Å². The van der Waals surface area contributed by atoms with Gasteiger partial charge in [0.05, 0.1) is 12.1 Å². The number of phenolic OH excluding ortho intramolecular Hbond substituents is 1. The highest BCUT2D eigenvalue weighted by atomic mass is 16.4. The highest BCUT2D eigenvalue weighted by molar-refractivity contribution is 5.92. The van der Waals surface area contributed by atoms with E-state index < -0.39 is 0 Å². The van der Waals surface area contributed by atoms with E-state index in [1.54, 1.807) is 24.3 Å². The predicted molar refractivity (Wildman–Crippen MR) is 90.6 cm³/mol. The predicted octanol–water partition coefficient (Wildman–Crippen LogP) is 3.54. The molecule has 0 spiro atoms. The van der Waals surface area contributed by atoms with E-state index in [0.717, 1.165) is 16.5 Å². The molecule has 120 valence electrons. The topological polar surface area (TPSA) is 71.4 Å². The Hall–Kier alpha value is -3.05. The lowest BCUT2D eigenvalue weighted by Crippen LogP contribution is -2.01. The summed E-state index contributed by atoms with van der Waals surface area (Å²) in [5, 5.41) is 24.6. The van der Waals surface area contributed by atoms with Gasteiger partial charge >= 0.3 is 0 Å². The molecule has 0 saturated heterocycles. The maximum absolute atomic E-state index is 9.85. The Balaban J connectivity index is 1.86. The van der Waals surface area contributed by atoms with Crippen molar-refractivity contribution in [1.29, 1.82) is 0 Å². The molecule has 24 heavy (non-hydrogen) atoms. The zero-order valence-corrected chi connectivity index (χ0v) is 12.9. The molecular weight excluding hydrogens is 304 g/mol. The maximum Gasteiger partial charge on any atom is 0.155 e. The van der Waals surface area contributed by atoms with E-state index in [-0.39, 0.29) is 12.4 Å². The molecule has 0 unspecified atom stereocenters. The van der Waals surface area contributed by atoms with Crippen LogP contribution in [0.1, 0.15) is 11.3 Å². The maximum atomic E-state index is 9.85. The molecule has 4 aromatic rings. The van der Waals surface area contributed by atoms with Crippen LogP contribution < -0.4 is 0 Å². The third-order valence-electron chi connectivity index (χ3n) is 3.96. The molecule has 0 aliphatic heterocycles. The fourth-order valence-corrected chi connectivity index (χ4v) is 2.81. The molecule has 0 aliphatic rings. The first-order chi connectivity index (χ1) is 11.7. The molecule has 0 radical (unpaired) electrons. The lowest BCUT2D eigenvalue weighted by Gasteiger charge is -2.03. The van der Waals surface area contributed by atoms with Crippen molar-refractivity contribution in [3.63, 3.8) is 0 Å². The van der Waals surface area contributed by atoms with E-state index in [2.05, 4.69) is 5.10 Å². The third-order valence-corrected chi connectivity index (χ3v) is 3.96. The molecule has 0 amide bonds. The van der Waals surface area contributed by atoms with Gasteiger partial charge in [0.25, 0.3) is 0 Å². The van der Waals surface area contributed by atoms with Crippen LogP contribution in [0.25, 0.3) is 22.4 Å². The summed E-state index contributed by atoms with van der Waals surface area (Å²) in [4.78, 5) is 0. The third kappa shape index (κ3) is 2.55. The lowest BCUT2D eigenvalue weighted by molar-refractivity contribution is 0.248. The molecule has 2 aromatic heterocycles. The van der Waals surface area contributed by atoms with Crippen LogP contribution in [0, 0.1) is 0 Å². The van der Waals surface area contributed by atoms with Gasteiger partial charge in [-0.3, -0.25) is 4.68 Å². The van der Waals surface area contributed by atoms with Gasteiger partial charge in [-0.25, -0.2) is 0 Å². The van der Waals surface area contributed by atoms with E-state index in [9.17, 15) is 10.2 Å². The monoisotopic (exact) mass is 320 g/mol. The Bertz CT molecular complexity index is 986. The number of furan rings is 1. The quantitative estimate of drug-likeness (QED) is 0.603. The van der Waals surface area contributed by atoms with E-state index in [0.29, 0.717) is 23.8 Å². The van der Waals surface area contributed by atoms with Crippen LogP contribution >= 0.6 is 0 Å². The van der Waals surface area contributed by atoms with Crippen LogP contribution in [0.15, 0.2) is 65.1 Å². The van der Waals surface area contributed by atoms with Crippen molar-refractivity contribution >= 4 is 10.9 Å². The zero-order chi connectivity index (χ0) is 16.5. The molecule has 0 atom stereocenters. The summed E-state index contributed by atoms with van der Waals surface area (Å²) in [7, 11) is 0. The van der Waals surface area contributed by atoms with Crippen molar-refractivity contribution in [1.82, 2.24) is 9.78 Å². The molecule has 5 nitrogen and oxygen atoms in total. The summed E-state index contributed by atoms with van der Waals surface area (Å²) >= 11 is 0. The van der Waals surface area contributed by atoms with Gasteiger partial charge in [0, 0.05) is 11.5 Å². The average molecular weight is 320 g/mol. The average Bonchev–Trinajstić information content (AvgIpc) is 3.21. The molecule has 0 fully saturated rings. The molecular formula is C19H16N2O3. The second-order valence-electron chi connectivity index (χ2n) is 5.62. The normalized spacial score (nSPS) is 11.2. The first-order valence-electron chi connectivity index (χ1n) is 7.68. The Morgan fingerprint density at radius 2 is 1.83 bits per heavy atom. The van der Waals surface area contributed by atoms with Crippen LogP contribution in [0.5, 0.6) is 5.75 Å². The van der Waals surface area contributed by atoms with Crippen molar-refractivity contribution in [2.45, 2.75) is 13.2 Å². The van der Waals surface area contributed by atoms with Gasteiger partial charge in [0.1, 0.15) is 23.8 Å². The number of benzene rings is 2. The van der Waals surface area contributed by atoms with Gasteiger partial charge in [-0.2, -0.15) is 5.10 Å².